The van der Waals surface area contributed by atoms with Gasteiger partial charge in [0.25, 0.3) is 5.91 Å². The number of anilines is 1. The first-order valence-electron chi connectivity index (χ1n) is 9.08. The monoisotopic (exact) mass is 380 g/mol. The number of amides is 1. The highest BCUT2D eigenvalue weighted by Gasteiger charge is 2.20. The largest absolute Gasteiger partial charge is 0.459 e. The second-order valence-electron chi connectivity index (χ2n) is 7.06. The topological polar surface area (TPSA) is 75.9 Å². The molecule has 0 atom stereocenters. The summed E-state index contributed by atoms with van der Waals surface area (Å²) in [5.74, 6) is -0.748. The van der Waals surface area contributed by atoms with Gasteiger partial charge >= 0.3 is 5.97 Å². The van der Waals surface area contributed by atoms with E-state index in [0.717, 1.165) is 5.69 Å². The molecular formula is C21H24N4O3. The van der Waals surface area contributed by atoms with Crippen LogP contribution >= 0.6 is 0 Å². The van der Waals surface area contributed by atoms with Gasteiger partial charge in [-0.05, 0) is 58.3 Å². The molecule has 3 rings (SSSR count). The second-order valence-corrected chi connectivity index (χ2v) is 7.06. The Hall–Kier alpha value is -3.19. The minimum atomic E-state index is -0.424. The summed E-state index contributed by atoms with van der Waals surface area (Å²) in [6.45, 7) is 4.15. The van der Waals surface area contributed by atoms with Crippen LogP contribution in [0, 0.1) is 0 Å². The van der Waals surface area contributed by atoms with Crippen LogP contribution in [0.4, 0.5) is 5.69 Å². The summed E-state index contributed by atoms with van der Waals surface area (Å²) >= 11 is 0. The van der Waals surface area contributed by atoms with Gasteiger partial charge in [-0.3, -0.25) is 4.79 Å². The van der Waals surface area contributed by atoms with Crippen molar-refractivity contribution in [2.24, 2.45) is 0 Å². The molecule has 0 aliphatic carbocycles. The summed E-state index contributed by atoms with van der Waals surface area (Å²) in [6.07, 6.45) is 1.68. The van der Waals surface area contributed by atoms with Crippen LogP contribution in [0.15, 0.2) is 48.7 Å². The number of nitrogens with one attached hydrogen (secondary N) is 1. The fourth-order valence-electron chi connectivity index (χ4n) is 2.88. The predicted octanol–water partition coefficient (Wildman–Crippen LogP) is 3.21. The fraction of sp³-hybridized carbons (Fsp3) is 0.286. The van der Waals surface area contributed by atoms with E-state index in [2.05, 4.69) is 10.3 Å². The van der Waals surface area contributed by atoms with Crippen molar-refractivity contribution in [3.8, 4) is 0 Å². The Balaban J connectivity index is 1.88. The molecule has 0 aliphatic rings. The number of carbonyl (C=O) groups excluding carboxylic acids is 2. The van der Waals surface area contributed by atoms with Crippen LogP contribution in [0.3, 0.4) is 0 Å². The number of aromatic nitrogens is 2. The van der Waals surface area contributed by atoms with Gasteiger partial charge in [0.05, 0.1) is 17.4 Å². The molecule has 3 aromatic rings. The molecule has 146 valence electrons. The molecule has 1 aromatic carbocycles. The molecule has 0 spiro atoms. The number of rotatable bonds is 6. The first-order chi connectivity index (χ1) is 13.3. The number of nitrogens with zero attached hydrogens (tertiary/aromatic N) is 3. The highest BCUT2D eigenvalue weighted by atomic mass is 16.5. The Morgan fingerprint density at radius 2 is 1.96 bits per heavy atom. The highest BCUT2D eigenvalue weighted by Crippen LogP contribution is 2.18. The van der Waals surface area contributed by atoms with Crippen molar-refractivity contribution in [2.75, 3.05) is 19.4 Å². The van der Waals surface area contributed by atoms with Gasteiger partial charge in [-0.2, -0.15) is 0 Å². The summed E-state index contributed by atoms with van der Waals surface area (Å²) < 4.78 is 7.12. The van der Waals surface area contributed by atoms with Gasteiger partial charge < -0.3 is 19.4 Å². The SMILES string of the molecule is CC(C)OC(=O)c1cccc(NC(=O)c2nc3ccccn3c2CN(C)C)c1. The number of imidazole rings is 1. The van der Waals surface area contributed by atoms with Crippen LogP contribution in [0.2, 0.25) is 0 Å². The minimum absolute atomic E-state index is 0.211. The molecule has 0 radical (unpaired) electrons. The Labute approximate surface area is 163 Å². The molecule has 0 saturated carbocycles. The normalized spacial score (nSPS) is 11.2. The third kappa shape index (κ3) is 4.37. The molecule has 0 aliphatic heterocycles. The molecule has 7 nitrogen and oxygen atoms in total. The maximum Gasteiger partial charge on any atom is 0.338 e. The smallest absolute Gasteiger partial charge is 0.338 e. The zero-order valence-corrected chi connectivity index (χ0v) is 16.5. The van der Waals surface area contributed by atoms with E-state index in [4.69, 9.17) is 4.74 Å². The Morgan fingerprint density at radius 3 is 2.68 bits per heavy atom. The zero-order valence-electron chi connectivity index (χ0n) is 16.5. The number of hydrogen-bond donors (Lipinski definition) is 1. The molecule has 2 heterocycles. The summed E-state index contributed by atoms with van der Waals surface area (Å²) in [4.78, 5) is 31.5. The van der Waals surface area contributed by atoms with Gasteiger partial charge in [0, 0.05) is 18.4 Å². The fourth-order valence-corrected chi connectivity index (χ4v) is 2.88. The maximum absolute atomic E-state index is 12.9. The molecule has 0 fully saturated rings. The van der Waals surface area contributed by atoms with Gasteiger partial charge in [-0.25, -0.2) is 9.78 Å². The zero-order chi connectivity index (χ0) is 20.3. The lowest BCUT2D eigenvalue weighted by Crippen LogP contribution is -2.19. The average Bonchev–Trinajstić information content (AvgIpc) is 2.99. The molecular weight excluding hydrogens is 356 g/mol. The maximum atomic E-state index is 12.9. The van der Waals surface area contributed by atoms with E-state index in [1.807, 2.05) is 47.8 Å². The predicted molar refractivity (Wildman–Crippen MR) is 108 cm³/mol. The molecule has 28 heavy (non-hydrogen) atoms. The van der Waals surface area contributed by atoms with Crippen LogP contribution in [-0.2, 0) is 11.3 Å². The van der Waals surface area contributed by atoms with Gasteiger partial charge in [-0.1, -0.05) is 12.1 Å². The van der Waals surface area contributed by atoms with Gasteiger partial charge in [0.2, 0.25) is 0 Å². The van der Waals surface area contributed by atoms with E-state index < -0.39 is 5.97 Å². The van der Waals surface area contributed by atoms with Crippen molar-refractivity contribution >= 4 is 23.2 Å². The van der Waals surface area contributed by atoms with Crippen LogP contribution < -0.4 is 5.32 Å². The molecule has 0 unspecified atom stereocenters. The van der Waals surface area contributed by atoms with Gasteiger partial charge in [0.1, 0.15) is 5.65 Å². The van der Waals surface area contributed by atoms with Crippen molar-refractivity contribution in [3.05, 3.63) is 65.6 Å². The summed E-state index contributed by atoms with van der Waals surface area (Å²) in [7, 11) is 3.88. The van der Waals surface area contributed by atoms with E-state index in [-0.39, 0.29) is 12.0 Å². The van der Waals surface area contributed by atoms with E-state index in [0.29, 0.717) is 29.1 Å². The number of esters is 1. The average molecular weight is 380 g/mol. The third-order valence-corrected chi connectivity index (χ3v) is 4.01. The van der Waals surface area contributed by atoms with E-state index >= 15 is 0 Å². The summed E-state index contributed by atoms with van der Waals surface area (Å²) in [6, 6.07) is 12.3. The standard InChI is InChI=1S/C21H24N4O3/c1-14(2)28-21(27)15-8-7-9-16(12-15)22-20(26)19-17(13-24(3)4)25-11-6-5-10-18(25)23-19/h5-12,14H,13H2,1-4H3,(H,22,26). The number of fused-ring (bicyclic) bond motifs is 1. The summed E-state index contributed by atoms with van der Waals surface area (Å²) in [5.41, 5.74) is 2.76. The number of benzene rings is 1. The number of pyridine rings is 1. The van der Waals surface area contributed by atoms with Crippen LogP contribution in [0.1, 0.15) is 40.4 Å². The lowest BCUT2D eigenvalue weighted by molar-refractivity contribution is 0.0377. The Bertz CT molecular complexity index is 1010. The van der Waals surface area contributed by atoms with Crippen molar-refractivity contribution in [1.82, 2.24) is 14.3 Å². The molecule has 1 amide bonds. The lowest BCUT2D eigenvalue weighted by Gasteiger charge is -2.12. The highest BCUT2D eigenvalue weighted by molar-refractivity contribution is 6.04. The van der Waals surface area contributed by atoms with Crippen LogP contribution in [-0.4, -0.2) is 46.4 Å². The second kappa shape index (κ2) is 8.22. The molecule has 0 bridgehead atoms. The van der Waals surface area contributed by atoms with E-state index in [9.17, 15) is 9.59 Å². The van der Waals surface area contributed by atoms with Gasteiger partial charge in [0.15, 0.2) is 5.69 Å². The van der Waals surface area contributed by atoms with Crippen molar-refractivity contribution in [2.45, 2.75) is 26.5 Å². The number of carbonyl (C=O) groups is 2. The molecule has 2 aromatic heterocycles. The van der Waals surface area contributed by atoms with Crippen LogP contribution in [0.25, 0.3) is 5.65 Å². The molecule has 0 saturated heterocycles. The van der Waals surface area contributed by atoms with Gasteiger partial charge in [-0.15, -0.1) is 0 Å². The van der Waals surface area contributed by atoms with Crippen LogP contribution in [0.5, 0.6) is 0 Å². The van der Waals surface area contributed by atoms with E-state index in [1.165, 1.54) is 0 Å². The van der Waals surface area contributed by atoms with Crippen molar-refractivity contribution in [1.29, 1.82) is 0 Å². The number of hydrogen-bond acceptors (Lipinski definition) is 5. The first kappa shape index (κ1) is 19.6. The third-order valence-electron chi connectivity index (χ3n) is 4.01. The summed E-state index contributed by atoms with van der Waals surface area (Å²) in [5, 5.41) is 2.84. The quantitative estimate of drug-likeness (QED) is 0.665. The van der Waals surface area contributed by atoms with Crippen molar-refractivity contribution in [3.63, 3.8) is 0 Å². The Morgan fingerprint density at radius 1 is 1.18 bits per heavy atom. The van der Waals surface area contributed by atoms with E-state index in [1.54, 1.807) is 38.1 Å². The lowest BCUT2D eigenvalue weighted by atomic mass is 10.2. The number of ether oxygens (including phenoxy) is 1. The Kier molecular flexibility index (Phi) is 5.75. The van der Waals surface area contributed by atoms with Crippen molar-refractivity contribution < 1.29 is 14.3 Å². The molecule has 1 N–H and O–H groups in total. The molecule has 7 heteroatoms. The first-order valence-corrected chi connectivity index (χ1v) is 9.08. The minimum Gasteiger partial charge on any atom is -0.459 e.